The Morgan fingerprint density at radius 2 is 1.63 bits per heavy atom. The van der Waals surface area contributed by atoms with Crippen LogP contribution in [0.25, 0.3) is 0 Å². The number of carbonyl (C=O) groups excluding carboxylic acids is 4. The van der Waals surface area contributed by atoms with E-state index in [1.807, 2.05) is 0 Å². The van der Waals surface area contributed by atoms with Gasteiger partial charge in [-0.3, -0.25) is 14.4 Å². The van der Waals surface area contributed by atoms with E-state index in [-0.39, 0.29) is 6.61 Å². The van der Waals surface area contributed by atoms with Crippen molar-refractivity contribution in [2.45, 2.75) is 47.6 Å². The summed E-state index contributed by atoms with van der Waals surface area (Å²) < 4.78 is 15.7. The molecule has 0 N–H and O–H groups in total. The van der Waals surface area contributed by atoms with Crippen LogP contribution in [-0.2, 0) is 33.4 Å². The summed E-state index contributed by atoms with van der Waals surface area (Å²) in [4.78, 5) is 48.5. The molecule has 2 aliphatic carbocycles. The van der Waals surface area contributed by atoms with Crippen molar-refractivity contribution >= 4 is 24.2 Å². The summed E-state index contributed by atoms with van der Waals surface area (Å²) >= 11 is 0. The van der Waals surface area contributed by atoms with E-state index in [0.717, 1.165) is 0 Å². The number of methoxy groups -OCH3 is 1. The van der Waals surface area contributed by atoms with Crippen molar-refractivity contribution in [1.29, 1.82) is 0 Å². The molecule has 2 rings (SSSR count). The molecule has 0 bridgehead atoms. The van der Waals surface area contributed by atoms with E-state index in [9.17, 15) is 19.2 Å². The fourth-order valence-electron chi connectivity index (χ4n) is 3.39. The number of rotatable bonds is 5. The average molecular weight is 380 g/mol. The van der Waals surface area contributed by atoms with Crippen molar-refractivity contribution in [2.75, 3.05) is 13.7 Å². The number of aldehydes is 1. The predicted molar refractivity (Wildman–Crippen MR) is 95.3 cm³/mol. The van der Waals surface area contributed by atoms with Crippen molar-refractivity contribution in [2.24, 2.45) is 28.1 Å². The fourth-order valence-corrected chi connectivity index (χ4v) is 3.39. The minimum Gasteiger partial charge on any atom is -0.469 e. The number of esters is 3. The zero-order valence-electron chi connectivity index (χ0n) is 17.0. The monoisotopic (exact) mass is 380 g/mol. The minimum atomic E-state index is -1.14. The molecule has 2 aliphatic rings. The summed E-state index contributed by atoms with van der Waals surface area (Å²) in [6.07, 6.45) is 1.56. The first-order valence-corrected chi connectivity index (χ1v) is 8.94. The maximum Gasteiger partial charge on any atom is 0.311 e. The van der Waals surface area contributed by atoms with E-state index in [4.69, 9.17) is 14.2 Å². The molecule has 0 aromatic heterocycles. The lowest BCUT2D eigenvalue weighted by atomic mass is 9.95. The summed E-state index contributed by atoms with van der Waals surface area (Å²) in [5.41, 5.74) is -2.10. The molecular formula is C20H28O7. The molecule has 0 aliphatic heterocycles. The van der Waals surface area contributed by atoms with Gasteiger partial charge in [-0.25, -0.2) is 0 Å². The largest absolute Gasteiger partial charge is 0.469 e. The number of ether oxygens (including phenoxy) is 3. The van der Waals surface area contributed by atoms with Crippen LogP contribution in [0, 0.1) is 28.1 Å². The van der Waals surface area contributed by atoms with Crippen LogP contribution >= 0.6 is 0 Å². The predicted octanol–water partition coefficient (Wildman–Crippen LogP) is 2.08. The highest BCUT2D eigenvalue weighted by atomic mass is 16.6. The summed E-state index contributed by atoms with van der Waals surface area (Å²) in [5.74, 6) is -2.68. The summed E-state index contributed by atoms with van der Waals surface area (Å²) in [6.45, 7) is 10.2. The van der Waals surface area contributed by atoms with Crippen molar-refractivity contribution in [3.63, 3.8) is 0 Å². The molecule has 1 saturated carbocycles. The van der Waals surface area contributed by atoms with Gasteiger partial charge in [0.15, 0.2) is 0 Å². The quantitative estimate of drug-likeness (QED) is 0.312. The van der Waals surface area contributed by atoms with Gasteiger partial charge in [0, 0.05) is 5.92 Å². The van der Waals surface area contributed by atoms with Crippen molar-refractivity contribution in [3.05, 3.63) is 11.6 Å². The lowest BCUT2D eigenvalue weighted by molar-refractivity contribution is -0.158. The molecule has 150 valence electrons. The highest BCUT2D eigenvalue weighted by Crippen LogP contribution is 2.68. The van der Waals surface area contributed by atoms with Crippen molar-refractivity contribution in [1.82, 2.24) is 0 Å². The summed E-state index contributed by atoms with van der Waals surface area (Å²) in [5, 5.41) is 0. The summed E-state index contributed by atoms with van der Waals surface area (Å²) in [6, 6.07) is 0. The van der Waals surface area contributed by atoms with Crippen LogP contribution in [0.3, 0.4) is 0 Å². The van der Waals surface area contributed by atoms with Gasteiger partial charge in [-0.2, -0.15) is 0 Å². The molecule has 0 aromatic carbocycles. The maximum absolute atomic E-state index is 12.3. The number of carbonyl (C=O) groups is 4. The second-order valence-corrected chi connectivity index (χ2v) is 9.22. The zero-order chi connectivity index (χ0) is 20.8. The van der Waals surface area contributed by atoms with Crippen molar-refractivity contribution in [3.8, 4) is 0 Å². The number of hydrogen-bond acceptors (Lipinski definition) is 7. The highest BCUT2D eigenvalue weighted by Gasteiger charge is 2.77. The van der Waals surface area contributed by atoms with Crippen LogP contribution in [-0.4, -0.2) is 44.0 Å². The number of hydrogen-bond donors (Lipinski definition) is 0. The van der Waals surface area contributed by atoms with Gasteiger partial charge in [-0.15, -0.1) is 0 Å². The van der Waals surface area contributed by atoms with Crippen LogP contribution in [0.5, 0.6) is 0 Å². The Hall–Kier alpha value is -2.18. The molecule has 0 unspecified atom stereocenters. The zero-order valence-corrected chi connectivity index (χ0v) is 17.0. The van der Waals surface area contributed by atoms with E-state index in [1.165, 1.54) is 7.11 Å². The first kappa shape index (κ1) is 21.1. The van der Waals surface area contributed by atoms with E-state index in [1.54, 1.807) is 47.6 Å². The number of fused-ring (bicyclic) bond motifs is 1. The molecule has 4 atom stereocenters. The molecule has 0 spiro atoms. The molecule has 0 aromatic rings. The van der Waals surface area contributed by atoms with Crippen LogP contribution in [0.2, 0.25) is 0 Å². The SMILES string of the molecule is COC(=O)[C@@H]1[C@H]2[C@H](OC(=O)C(C)(C)C)C=C(COC(=O)C(C)(C)C)[C@]21C=O. The van der Waals surface area contributed by atoms with Gasteiger partial charge < -0.3 is 19.0 Å². The first-order valence-electron chi connectivity index (χ1n) is 8.94. The molecule has 7 heteroatoms. The maximum atomic E-state index is 12.3. The normalized spacial score (nSPS) is 29.3. The molecule has 0 heterocycles. The smallest absolute Gasteiger partial charge is 0.311 e. The molecular weight excluding hydrogens is 352 g/mol. The fraction of sp³-hybridized carbons (Fsp3) is 0.700. The Bertz CT molecular complexity index is 692. The third kappa shape index (κ3) is 3.64. The first-order chi connectivity index (χ1) is 12.3. The van der Waals surface area contributed by atoms with E-state index in [0.29, 0.717) is 11.9 Å². The second kappa shape index (κ2) is 6.77. The molecule has 0 amide bonds. The van der Waals surface area contributed by atoms with Crippen LogP contribution in [0.1, 0.15) is 41.5 Å². The van der Waals surface area contributed by atoms with E-state index < -0.39 is 52.1 Å². The van der Waals surface area contributed by atoms with E-state index in [2.05, 4.69) is 0 Å². The lowest BCUT2D eigenvalue weighted by Gasteiger charge is -2.21. The molecule has 1 fully saturated rings. The Balaban J connectivity index is 2.28. The Morgan fingerprint density at radius 1 is 1.07 bits per heavy atom. The molecule has 0 saturated heterocycles. The van der Waals surface area contributed by atoms with Gasteiger partial charge >= 0.3 is 17.9 Å². The van der Waals surface area contributed by atoms with Crippen molar-refractivity contribution < 1.29 is 33.4 Å². The standard InChI is InChI=1S/C20H28O7/c1-18(2,3)16(23)26-9-11-8-12(27-17(24)19(4,5)6)13-14(15(22)25-7)20(11,13)10-21/h8,10,12-14H,9H2,1-7H3/t12-,13-,14+,20-/m1/s1. The van der Waals surface area contributed by atoms with Crippen LogP contribution < -0.4 is 0 Å². The highest BCUT2D eigenvalue weighted by molar-refractivity contribution is 5.91. The minimum absolute atomic E-state index is 0.137. The molecule has 7 nitrogen and oxygen atoms in total. The summed E-state index contributed by atoms with van der Waals surface area (Å²) in [7, 11) is 1.24. The molecule has 0 radical (unpaired) electrons. The van der Waals surface area contributed by atoms with Gasteiger partial charge in [-0.1, -0.05) is 0 Å². The van der Waals surface area contributed by atoms with E-state index >= 15 is 0 Å². The van der Waals surface area contributed by atoms with Crippen LogP contribution in [0.4, 0.5) is 0 Å². The van der Waals surface area contributed by atoms with Crippen LogP contribution in [0.15, 0.2) is 11.6 Å². The Kier molecular flexibility index (Phi) is 5.29. The lowest BCUT2D eigenvalue weighted by Crippen LogP contribution is -2.29. The van der Waals surface area contributed by atoms with Gasteiger partial charge in [0.25, 0.3) is 0 Å². The molecule has 27 heavy (non-hydrogen) atoms. The Morgan fingerprint density at radius 3 is 2.07 bits per heavy atom. The van der Waals surface area contributed by atoms with Gasteiger partial charge in [0.2, 0.25) is 0 Å². The average Bonchev–Trinajstić information content (AvgIpc) is 3.15. The van der Waals surface area contributed by atoms with Gasteiger partial charge in [0.1, 0.15) is 19.0 Å². The van der Waals surface area contributed by atoms with Gasteiger partial charge in [-0.05, 0) is 53.2 Å². The second-order valence-electron chi connectivity index (χ2n) is 9.22. The topological polar surface area (TPSA) is 96.0 Å². The third-order valence-electron chi connectivity index (χ3n) is 5.07. The third-order valence-corrected chi connectivity index (χ3v) is 5.07. The van der Waals surface area contributed by atoms with Gasteiger partial charge in [0.05, 0.1) is 29.3 Å². The Labute approximate surface area is 159 Å².